The maximum absolute atomic E-state index is 12.2. The van der Waals surface area contributed by atoms with E-state index in [0.717, 1.165) is 0 Å². The maximum Gasteiger partial charge on any atom is 0.270 e. The average Bonchev–Trinajstić information content (AvgIpc) is 2.94. The number of rotatable bonds is 7. The van der Waals surface area contributed by atoms with E-state index in [1.807, 2.05) is 18.2 Å². The monoisotopic (exact) mass is 342 g/mol. The molecule has 2 aromatic heterocycles. The number of aryl methyl sites for hydroxylation is 2. The molecular weight excluding hydrogens is 324 g/mol. The van der Waals surface area contributed by atoms with E-state index in [2.05, 4.69) is 20.1 Å². The van der Waals surface area contributed by atoms with E-state index < -0.39 is 5.91 Å². The zero-order valence-corrected chi connectivity index (χ0v) is 13.5. The molecule has 3 rings (SSSR count). The Bertz CT molecular complexity index is 962. The number of carbonyl (C=O) groups is 1. The number of nitrogens with one attached hydrogen (secondary N) is 1. The number of primary amides is 1. The highest BCUT2D eigenvalue weighted by atomic mass is 16.3. The average molecular weight is 342 g/mol. The van der Waals surface area contributed by atoms with Gasteiger partial charge in [0.25, 0.3) is 5.56 Å². The first-order chi connectivity index (χ1) is 12.1. The Balaban J connectivity index is 1.83. The topological polar surface area (TPSA) is 140 Å². The lowest BCUT2D eigenvalue weighted by Gasteiger charge is -2.04. The molecule has 25 heavy (non-hydrogen) atoms. The molecule has 3 aromatic rings. The van der Waals surface area contributed by atoms with Crippen LogP contribution in [-0.4, -0.2) is 42.4 Å². The van der Waals surface area contributed by atoms with Crippen molar-refractivity contribution < 1.29 is 9.90 Å². The smallest absolute Gasteiger partial charge is 0.270 e. The summed E-state index contributed by atoms with van der Waals surface area (Å²) in [7, 11) is 0. The molecule has 9 nitrogen and oxygen atoms in total. The van der Waals surface area contributed by atoms with Gasteiger partial charge in [-0.1, -0.05) is 12.1 Å². The van der Waals surface area contributed by atoms with Crippen LogP contribution in [0.3, 0.4) is 0 Å². The zero-order chi connectivity index (χ0) is 17.8. The summed E-state index contributed by atoms with van der Waals surface area (Å²) in [6.07, 6.45) is 0.695. The number of para-hydroxylation sites is 2. The van der Waals surface area contributed by atoms with Gasteiger partial charge in [-0.05, 0) is 12.1 Å². The number of nitrogens with zero attached hydrogens (tertiary/aromatic N) is 4. The fourth-order valence-electron chi connectivity index (χ4n) is 2.58. The van der Waals surface area contributed by atoms with E-state index in [9.17, 15) is 9.59 Å². The number of benzene rings is 1. The van der Waals surface area contributed by atoms with Crippen molar-refractivity contribution in [3.8, 4) is 0 Å². The molecule has 130 valence electrons. The number of fused-ring (bicyclic) bond motifs is 1. The van der Waals surface area contributed by atoms with E-state index >= 15 is 0 Å². The first kappa shape index (κ1) is 16.8. The van der Waals surface area contributed by atoms with Crippen LogP contribution in [0.15, 0.2) is 29.1 Å². The lowest BCUT2D eigenvalue weighted by Crippen LogP contribution is -2.17. The van der Waals surface area contributed by atoms with Crippen LogP contribution in [0.25, 0.3) is 11.0 Å². The quantitative estimate of drug-likeness (QED) is 0.520. The highest BCUT2D eigenvalue weighted by Gasteiger charge is 2.13. The van der Waals surface area contributed by atoms with Gasteiger partial charge in [-0.15, -0.1) is 0 Å². The molecule has 0 aliphatic rings. The molecule has 1 amide bonds. The molecular formula is C16H18N6O3. The minimum absolute atomic E-state index is 0.0692. The summed E-state index contributed by atoms with van der Waals surface area (Å²) in [5, 5.41) is 13.3. The number of aromatic amines is 1. The number of aromatic nitrogens is 5. The number of H-pyrrole nitrogens is 1. The molecule has 0 fully saturated rings. The van der Waals surface area contributed by atoms with Gasteiger partial charge in [0, 0.05) is 12.8 Å². The second-order valence-corrected chi connectivity index (χ2v) is 5.56. The number of carbonyl (C=O) groups excluding carboxylic acids is 1. The zero-order valence-electron chi connectivity index (χ0n) is 13.5. The summed E-state index contributed by atoms with van der Waals surface area (Å²) in [5.41, 5.74) is 6.71. The third-order valence-corrected chi connectivity index (χ3v) is 3.69. The third kappa shape index (κ3) is 3.89. The molecule has 4 N–H and O–H groups in total. The molecule has 0 radical (unpaired) electrons. The Morgan fingerprint density at radius 2 is 2.04 bits per heavy atom. The molecule has 0 unspecified atom stereocenters. The molecule has 0 spiro atoms. The van der Waals surface area contributed by atoms with Crippen molar-refractivity contribution in [3.05, 3.63) is 52.0 Å². The molecule has 0 atom stereocenters. The van der Waals surface area contributed by atoms with E-state index in [0.29, 0.717) is 41.2 Å². The Labute approximate surface area is 142 Å². The SMILES string of the molecule is NC(=O)Cc1nc(CCc2nc3ccccc3[nH]c2=O)n(CCO)n1. The van der Waals surface area contributed by atoms with E-state index in [1.54, 1.807) is 6.07 Å². The minimum atomic E-state index is -0.527. The fourth-order valence-corrected chi connectivity index (χ4v) is 2.58. The van der Waals surface area contributed by atoms with Crippen LogP contribution >= 0.6 is 0 Å². The predicted molar refractivity (Wildman–Crippen MR) is 89.8 cm³/mol. The summed E-state index contributed by atoms with van der Waals surface area (Å²) >= 11 is 0. The van der Waals surface area contributed by atoms with Gasteiger partial charge in [0.2, 0.25) is 5.91 Å². The third-order valence-electron chi connectivity index (χ3n) is 3.69. The van der Waals surface area contributed by atoms with Gasteiger partial charge in [-0.3, -0.25) is 9.59 Å². The van der Waals surface area contributed by atoms with E-state index in [4.69, 9.17) is 10.8 Å². The highest BCUT2D eigenvalue weighted by molar-refractivity contribution is 5.75. The number of hydrogen-bond donors (Lipinski definition) is 3. The standard InChI is InChI=1S/C16H18N6O3/c17-13(24)9-14-20-15(22(21-14)7-8-23)6-5-12-16(25)19-11-4-2-1-3-10(11)18-12/h1-4,23H,5-9H2,(H2,17,24)(H,19,25). The van der Waals surface area contributed by atoms with Crippen LogP contribution < -0.4 is 11.3 Å². The van der Waals surface area contributed by atoms with Crippen molar-refractivity contribution in [2.24, 2.45) is 5.73 Å². The van der Waals surface area contributed by atoms with Crippen molar-refractivity contribution in [1.82, 2.24) is 24.7 Å². The summed E-state index contributed by atoms with van der Waals surface area (Å²) < 4.78 is 1.52. The summed E-state index contributed by atoms with van der Waals surface area (Å²) in [5.74, 6) is 0.344. The normalized spacial score (nSPS) is 11.1. The van der Waals surface area contributed by atoms with Crippen molar-refractivity contribution in [2.75, 3.05) is 6.61 Å². The first-order valence-corrected chi connectivity index (χ1v) is 7.86. The van der Waals surface area contributed by atoms with Gasteiger partial charge >= 0.3 is 0 Å². The Morgan fingerprint density at radius 3 is 2.80 bits per heavy atom. The lowest BCUT2D eigenvalue weighted by atomic mass is 10.2. The molecule has 0 bridgehead atoms. The van der Waals surface area contributed by atoms with Crippen molar-refractivity contribution in [3.63, 3.8) is 0 Å². The van der Waals surface area contributed by atoms with Gasteiger partial charge < -0.3 is 15.8 Å². The Morgan fingerprint density at radius 1 is 1.24 bits per heavy atom. The largest absolute Gasteiger partial charge is 0.394 e. The Hall–Kier alpha value is -3.07. The summed E-state index contributed by atoms with van der Waals surface area (Å²) in [6, 6.07) is 7.30. The fraction of sp³-hybridized carbons (Fsp3) is 0.312. The van der Waals surface area contributed by atoms with Crippen LogP contribution in [0.5, 0.6) is 0 Å². The lowest BCUT2D eigenvalue weighted by molar-refractivity contribution is -0.117. The summed E-state index contributed by atoms with van der Waals surface area (Å²) in [6.45, 7) is 0.143. The molecule has 0 saturated heterocycles. The van der Waals surface area contributed by atoms with E-state index in [1.165, 1.54) is 4.68 Å². The highest BCUT2D eigenvalue weighted by Crippen LogP contribution is 2.08. The van der Waals surface area contributed by atoms with E-state index in [-0.39, 0.29) is 25.1 Å². The maximum atomic E-state index is 12.2. The van der Waals surface area contributed by atoms with Crippen LogP contribution in [0.4, 0.5) is 0 Å². The van der Waals surface area contributed by atoms with Gasteiger partial charge in [-0.2, -0.15) is 5.10 Å². The minimum Gasteiger partial charge on any atom is -0.394 e. The van der Waals surface area contributed by atoms with Crippen molar-refractivity contribution in [1.29, 1.82) is 0 Å². The molecule has 9 heteroatoms. The first-order valence-electron chi connectivity index (χ1n) is 7.86. The number of aliphatic hydroxyl groups is 1. The van der Waals surface area contributed by atoms with Gasteiger partial charge in [0.05, 0.1) is 30.6 Å². The Kier molecular flexibility index (Phi) is 4.85. The number of aliphatic hydroxyl groups excluding tert-OH is 1. The second kappa shape index (κ2) is 7.22. The van der Waals surface area contributed by atoms with Crippen LogP contribution in [0.1, 0.15) is 17.3 Å². The van der Waals surface area contributed by atoms with Crippen LogP contribution in [-0.2, 0) is 30.6 Å². The van der Waals surface area contributed by atoms with Crippen LogP contribution in [0, 0.1) is 0 Å². The molecule has 0 saturated carbocycles. The second-order valence-electron chi connectivity index (χ2n) is 5.56. The number of hydrogen-bond acceptors (Lipinski definition) is 6. The van der Waals surface area contributed by atoms with Crippen LogP contribution in [0.2, 0.25) is 0 Å². The molecule has 1 aromatic carbocycles. The van der Waals surface area contributed by atoms with Crippen molar-refractivity contribution in [2.45, 2.75) is 25.8 Å². The molecule has 2 heterocycles. The number of amides is 1. The molecule has 0 aliphatic heterocycles. The van der Waals surface area contributed by atoms with Crippen molar-refractivity contribution >= 4 is 16.9 Å². The molecule has 0 aliphatic carbocycles. The van der Waals surface area contributed by atoms with Gasteiger partial charge in [-0.25, -0.2) is 14.6 Å². The predicted octanol–water partition coefficient (Wildman–Crippen LogP) is -0.680. The number of nitrogens with two attached hydrogens (primary N) is 1. The summed E-state index contributed by atoms with van der Waals surface area (Å²) in [4.78, 5) is 34.7. The van der Waals surface area contributed by atoms with Gasteiger partial charge in [0.15, 0.2) is 5.82 Å². The van der Waals surface area contributed by atoms with Gasteiger partial charge in [0.1, 0.15) is 11.5 Å².